The van der Waals surface area contributed by atoms with Gasteiger partial charge in [-0.15, -0.1) is 0 Å². The monoisotopic (exact) mass is 279 g/mol. The van der Waals surface area contributed by atoms with Gasteiger partial charge < -0.3 is 5.73 Å². The van der Waals surface area contributed by atoms with E-state index in [0.29, 0.717) is 19.4 Å². The summed E-state index contributed by atoms with van der Waals surface area (Å²) in [5.74, 6) is -0.933. The molecular formula is C11H15ClFNO2S. The fourth-order valence-corrected chi connectivity index (χ4v) is 3.26. The Hall–Kier alpha value is -0.650. The molecule has 6 heteroatoms. The molecule has 1 aromatic rings. The summed E-state index contributed by atoms with van der Waals surface area (Å²) >= 11 is 5.77. The van der Waals surface area contributed by atoms with Crippen molar-refractivity contribution < 1.29 is 12.8 Å². The molecule has 0 atom stereocenters. The van der Waals surface area contributed by atoms with E-state index in [1.807, 2.05) is 0 Å². The topological polar surface area (TPSA) is 60.2 Å². The average molecular weight is 280 g/mol. The van der Waals surface area contributed by atoms with Crippen LogP contribution >= 0.6 is 11.6 Å². The van der Waals surface area contributed by atoms with E-state index in [0.717, 1.165) is 0 Å². The van der Waals surface area contributed by atoms with E-state index >= 15 is 0 Å². The van der Waals surface area contributed by atoms with E-state index in [-0.39, 0.29) is 22.1 Å². The van der Waals surface area contributed by atoms with Gasteiger partial charge in [-0.05, 0) is 31.5 Å². The highest BCUT2D eigenvalue weighted by atomic mass is 35.5. The van der Waals surface area contributed by atoms with Crippen LogP contribution in [0.4, 0.5) is 4.39 Å². The third kappa shape index (κ3) is 4.61. The first kappa shape index (κ1) is 14.4. The first-order chi connectivity index (χ1) is 7.96. The summed E-state index contributed by atoms with van der Waals surface area (Å²) in [6.45, 7) is 0.454. The fraction of sp³-hybridized carbons (Fsp3) is 0.455. The molecule has 1 aromatic carbocycles. The van der Waals surface area contributed by atoms with E-state index in [9.17, 15) is 12.8 Å². The molecule has 96 valence electrons. The molecule has 0 saturated carbocycles. The number of nitrogens with two attached hydrogens (primary N) is 1. The molecule has 17 heavy (non-hydrogen) atoms. The smallest absolute Gasteiger partial charge is 0.154 e. The second-order valence-corrected chi connectivity index (χ2v) is 6.38. The SMILES string of the molecule is NCCCCS(=O)(=O)Cc1c(F)cccc1Cl. The molecule has 0 aliphatic rings. The van der Waals surface area contributed by atoms with Gasteiger partial charge in [0.25, 0.3) is 0 Å². The van der Waals surface area contributed by atoms with Gasteiger partial charge in [-0.25, -0.2) is 12.8 Å². The molecule has 0 aliphatic heterocycles. The van der Waals surface area contributed by atoms with Crippen molar-refractivity contribution in [3.8, 4) is 0 Å². The first-order valence-electron chi connectivity index (χ1n) is 5.29. The van der Waals surface area contributed by atoms with Crippen LogP contribution in [0.3, 0.4) is 0 Å². The van der Waals surface area contributed by atoms with Crippen molar-refractivity contribution >= 4 is 21.4 Å². The Morgan fingerprint density at radius 3 is 2.59 bits per heavy atom. The number of halogens is 2. The Labute approximate surface area is 106 Å². The van der Waals surface area contributed by atoms with Crippen LogP contribution < -0.4 is 5.73 Å². The number of hydrogen-bond donors (Lipinski definition) is 1. The number of rotatable bonds is 6. The van der Waals surface area contributed by atoms with Gasteiger partial charge in [0, 0.05) is 10.6 Å². The summed E-state index contributed by atoms with van der Waals surface area (Å²) in [5, 5.41) is 0.146. The molecule has 0 spiro atoms. The zero-order valence-electron chi connectivity index (χ0n) is 9.33. The Morgan fingerprint density at radius 1 is 1.29 bits per heavy atom. The summed E-state index contributed by atoms with van der Waals surface area (Å²) < 4.78 is 36.8. The van der Waals surface area contributed by atoms with Crippen LogP contribution in [0.25, 0.3) is 0 Å². The van der Waals surface area contributed by atoms with Crippen molar-refractivity contribution in [2.24, 2.45) is 5.73 Å². The third-order valence-corrected chi connectivity index (χ3v) is 4.33. The van der Waals surface area contributed by atoms with Crippen molar-refractivity contribution in [1.82, 2.24) is 0 Å². The van der Waals surface area contributed by atoms with Gasteiger partial charge >= 0.3 is 0 Å². The second-order valence-electron chi connectivity index (χ2n) is 3.79. The van der Waals surface area contributed by atoms with Crippen molar-refractivity contribution in [3.05, 3.63) is 34.6 Å². The van der Waals surface area contributed by atoms with Crippen LogP contribution in [0.15, 0.2) is 18.2 Å². The van der Waals surface area contributed by atoms with Crippen molar-refractivity contribution in [3.63, 3.8) is 0 Å². The molecule has 0 saturated heterocycles. The Balaban J connectivity index is 2.76. The summed E-state index contributed by atoms with van der Waals surface area (Å²) in [6.07, 6.45) is 1.13. The van der Waals surface area contributed by atoms with E-state index in [1.165, 1.54) is 18.2 Å². The number of unbranched alkanes of at least 4 members (excludes halogenated alkanes) is 1. The highest BCUT2D eigenvalue weighted by molar-refractivity contribution is 7.90. The molecule has 1 rings (SSSR count). The van der Waals surface area contributed by atoms with Crippen LogP contribution in [-0.4, -0.2) is 20.7 Å². The number of sulfone groups is 1. The van der Waals surface area contributed by atoms with Crippen LogP contribution in [0.5, 0.6) is 0 Å². The maximum Gasteiger partial charge on any atom is 0.154 e. The Bertz CT molecular complexity index is 456. The standard InChI is InChI=1S/C11H15ClFNO2S/c12-10-4-3-5-11(13)9(10)8-17(15,16)7-2-1-6-14/h3-5H,1-2,6-8,14H2. The molecule has 0 unspecified atom stereocenters. The molecule has 0 radical (unpaired) electrons. The average Bonchev–Trinajstić information content (AvgIpc) is 2.24. The van der Waals surface area contributed by atoms with Crippen LogP contribution in [-0.2, 0) is 15.6 Å². The van der Waals surface area contributed by atoms with Gasteiger partial charge in [0.05, 0.1) is 11.5 Å². The predicted octanol–water partition coefficient (Wildman–Crippen LogP) is 2.13. The maximum absolute atomic E-state index is 13.4. The van der Waals surface area contributed by atoms with Crippen molar-refractivity contribution in [2.75, 3.05) is 12.3 Å². The van der Waals surface area contributed by atoms with Crippen LogP contribution in [0.2, 0.25) is 5.02 Å². The lowest BCUT2D eigenvalue weighted by Gasteiger charge is -2.07. The zero-order valence-corrected chi connectivity index (χ0v) is 10.9. The molecule has 0 bridgehead atoms. The summed E-state index contributed by atoms with van der Waals surface area (Å²) in [4.78, 5) is 0. The van der Waals surface area contributed by atoms with Gasteiger partial charge in [-0.2, -0.15) is 0 Å². The van der Waals surface area contributed by atoms with E-state index in [1.54, 1.807) is 0 Å². The first-order valence-corrected chi connectivity index (χ1v) is 7.49. The van der Waals surface area contributed by atoms with E-state index in [4.69, 9.17) is 17.3 Å². The molecule has 0 aliphatic carbocycles. The zero-order chi connectivity index (χ0) is 12.9. The van der Waals surface area contributed by atoms with Crippen LogP contribution in [0.1, 0.15) is 18.4 Å². The minimum atomic E-state index is -3.33. The van der Waals surface area contributed by atoms with Gasteiger partial charge in [0.1, 0.15) is 5.82 Å². The highest BCUT2D eigenvalue weighted by Gasteiger charge is 2.16. The van der Waals surface area contributed by atoms with Crippen molar-refractivity contribution in [2.45, 2.75) is 18.6 Å². The molecule has 3 nitrogen and oxygen atoms in total. The number of hydrogen-bond acceptors (Lipinski definition) is 3. The van der Waals surface area contributed by atoms with E-state index < -0.39 is 15.7 Å². The lowest BCUT2D eigenvalue weighted by atomic mass is 10.2. The fourth-order valence-electron chi connectivity index (χ4n) is 1.43. The minimum absolute atomic E-state index is 0.00879. The normalized spacial score (nSPS) is 11.7. The highest BCUT2D eigenvalue weighted by Crippen LogP contribution is 2.21. The van der Waals surface area contributed by atoms with Gasteiger partial charge in [0.15, 0.2) is 9.84 Å². The second kappa shape index (κ2) is 6.33. The van der Waals surface area contributed by atoms with Gasteiger partial charge in [0.2, 0.25) is 0 Å². The molecule has 0 amide bonds. The summed E-state index contributed by atoms with van der Waals surface area (Å²) in [6, 6.07) is 4.13. The maximum atomic E-state index is 13.4. The van der Waals surface area contributed by atoms with Crippen LogP contribution in [0, 0.1) is 5.82 Å². The lowest BCUT2D eigenvalue weighted by Crippen LogP contribution is -2.12. The largest absolute Gasteiger partial charge is 0.330 e. The summed E-state index contributed by atoms with van der Waals surface area (Å²) in [7, 11) is -3.33. The number of benzene rings is 1. The molecular weight excluding hydrogens is 265 g/mol. The quantitative estimate of drug-likeness (QED) is 0.812. The Kier molecular flexibility index (Phi) is 5.36. The molecule has 0 fully saturated rings. The van der Waals surface area contributed by atoms with Gasteiger partial charge in [-0.3, -0.25) is 0 Å². The van der Waals surface area contributed by atoms with Gasteiger partial charge in [-0.1, -0.05) is 17.7 Å². The summed E-state index contributed by atoms with van der Waals surface area (Å²) in [5.41, 5.74) is 5.33. The predicted molar refractivity (Wildman–Crippen MR) is 67.2 cm³/mol. The molecule has 2 N–H and O–H groups in total. The molecule has 0 heterocycles. The minimum Gasteiger partial charge on any atom is -0.330 e. The Morgan fingerprint density at radius 2 is 2.00 bits per heavy atom. The third-order valence-electron chi connectivity index (χ3n) is 2.34. The molecule has 0 aromatic heterocycles. The van der Waals surface area contributed by atoms with Crippen molar-refractivity contribution in [1.29, 1.82) is 0 Å². The van der Waals surface area contributed by atoms with E-state index in [2.05, 4.69) is 0 Å². The lowest BCUT2D eigenvalue weighted by molar-refractivity contribution is 0.583.